The number of nitrogen functional groups attached to an aromatic ring is 2. The normalized spacial score (nSPS) is 29.0. The van der Waals surface area contributed by atoms with Crippen LogP contribution in [0.25, 0.3) is 21.9 Å². The molecule has 32 heavy (non-hydrogen) atoms. The van der Waals surface area contributed by atoms with Crippen LogP contribution in [0.3, 0.4) is 0 Å². The van der Waals surface area contributed by atoms with Crippen LogP contribution in [-0.2, 0) is 6.42 Å². The van der Waals surface area contributed by atoms with E-state index >= 15 is 4.39 Å². The van der Waals surface area contributed by atoms with Crippen molar-refractivity contribution in [1.82, 2.24) is 19.5 Å². The van der Waals surface area contributed by atoms with Crippen molar-refractivity contribution in [2.45, 2.75) is 37.5 Å². The van der Waals surface area contributed by atoms with Crippen molar-refractivity contribution in [3.05, 3.63) is 54.2 Å². The highest BCUT2D eigenvalue weighted by atomic mass is 19.1. The fraction of sp³-hybridized carbons (Fsp3) is 0.348. The van der Waals surface area contributed by atoms with Crippen molar-refractivity contribution in [2.75, 3.05) is 11.5 Å². The third-order valence-corrected chi connectivity index (χ3v) is 7.48. The van der Waals surface area contributed by atoms with Crippen LogP contribution in [0.4, 0.5) is 16.0 Å². The van der Waals surface area contributed by atoms with E-state index in [0.29, 0.717) is 35.3 Å². The molecule has 2 aliphatic carbocycles. The minimum atomic E-state index is -0.941. The van der Waals surface area contributed by atoms with E-state index in [1.54, 1.807) is 18.2 Å². The van der Waals surface area contributed by atoms with Gasteiger partial charge in [-0.25, -0.2) is 19.3 Å². The molecule has 8 nitrogen and oxygen atoms in total. The maximum absolute atomic E-state index is 15.1. The van der Waals surface area contributed by atoms with Crippen LogP contribution in [0, 0.1) is 17.2 Å². The Kier molecular flexibility index (Phi) is 4.00. The summed E-state index contributed by atoms with van der Waals surface area (Å²) in [4.78, 5) is 12.5. The first-order chi connectivity index (χ1) is 15.4. The summed E-state index contributed by atoms with van der Waals surface area (Å²) in [5, 5.41) is 23.3. The molecular weight excluding hydrogens is 411 g/mol. The summed E-state index contributed by atoms with van der Waals surface area (Å²) in [7, 11) is 0. The van der Waals surface area contributed by atoms with Crippen molar-refractivity contribution in [3.8, 4) is 0 Å². The summed E-state index contributed by atoms with van der Waals surface area (Å²) in [5.41, 5.74) is 12.7. The van der Waals surface area contributed by atoms with Gasteiger partial charge in [-0.3, -0.25) is 0 Å². The van der Waals surface area contributed by atoms with E-state index in [9.17, 15) is 10.2 Å². The number of nitrogens with two attached hydrogens (primary N) is 2. The number of halogens is 1. The van der Waals surface area contributed by atoms with Gasteiger partial charge < -0.3 is 26.2 Å². The van der Waals surface area contributed by atoms with Gasteiger partial charge in [-0.15, -0.1) is 0 Å². The highest BCUT2D eigenvalue weighted by Gasteiger charge is 2.70. The smallest absolute Gasteiger partial charge is 0.152 e. The van der Waals surface area contributed by atoms with Crippen molar-refractivity contribution in [3.63, 3.8) is 0 Å². The Morgan fingerprint density at radius 3 is 2.78 bits per heavy atom. The molecule has 0 aliphatic heterocycles. The number of aromatic nitrogens is 4. The number of nitrogens with zero attached hydrogens (tertiary/aromatic N) is 4. The second kappa shape index (κ2) is 6.60. The van der Waals surface area contributed by atoms with Gasteiger partial charge in [0.15, 0.2) is 5.82 Å². The van der Waals surface area contributed by atoms with Crippen LogP contribution >= 0.6 is 0 Å². The molecule has 0 spiro atoms. The Hall–Kier alpha value is -3.30. The fourth-order valence-electron chi connectivity index (χ4n) is 5.71. The molecule has 0 saturated heterocycles. The molecule has 1 aromatic carbocycles. The van der Waals surface area contributed by atoms with Gasteiger partial charge in [-0.2, -0.15) is 0 Å². The van der Waals surface area contributed by atoms with Gasteiger partial charge in [-0.05, 0) is 48.9 Å². The van der Waals surface area contributed by atoms with Crippen LogP contribution in [0.15, 0.2) is 42.9 Å². The topological polar surface area (TPSA) is 136 Å². The zero-order chi connectivity index (χ0) is 22.2. The fourth-order valence-corrected chi connectivity index (χ4v) is 5.71. The van der Waals surface area contributed by atoms with E-state index in [0.717, 1.165) is 11.8 Å². The quantitative estimate of drug-likeness (QED) is 0.386. The Bertz CT molecular complexity index is 1370. The van der Waals surface area contributed by atoms with Crippen molar-refractivity contribution < 1.29 is 14.6 Å². The van der Waals surface area contributed by atoms with Crippen LogP contribution in [0.1, 0.15) is 24.4 Å². The lowest BCUT2D eigenvalue weighted by Crippen LogP contribution is -2.34. The third-order valence-electron chi connectivity index (χ3n) is 7.48. The van der Waals surface area contributed by atoms with Crippen molar-refractivity contribution in [2.24, 2.45) is 11.3 Å². The average molecular weight is 434 g/mol. The molecule has 0 unspecified atom stereocenters. The molecule has 0 bridgehead atoms. The van der Waals surface area contributed by atoms with Gasteiger partial charge >= 0.3 is 0 Å². The molecule has 2 aliphatic rings. The average Bonchev–Trinajstić information content (AvgIpc) is 3.27. The standard InChI is InChI=1S/C23H23FN6O2/c24-16-11(1-2-12-3-4-15(25)29-17(12)16)5-7-23-9-14(23)18(19(31)20(23)32)30-8-6-13-21(26)27-10-28-22(13)30/h1-4,6,8,10,14,18-20,31-32H,5,7,9H2,(H2,25,29)(H2,26,27,28)/t14-,18-,19+,20+,23+/m1/s1. The van der Waals surface area contributed by atoms with Crippen LogP contribution in [0.5, 0.6) is 0 Å². The summed E-state index contributed by atoms with van der Waals surface area (Å²) >= 11 is 0. The lowest BCUT2D eigenvalue weighted by Gasteiger charge is -2.24. The summed E-state index contributed by atoms with van der Waals surface area (Å²) in [6.07, 6.45) is 3.16. The molecule has 164 valence electrons. The van der Waals surface area contributed by atoms with E-state index < -0.39 is 17.6 Å². The number of benzene rings is 1. The zero-order valence-corrected chi connectivity index (χ0v) is 17.2. The van der Waals surface area contributed by atoms with E-state index in [4.69, 9.17) is 11.5 Å². The predicted octanol–water partition coefficient (Wildman–Crippen LogP) is 2.20. The number of hydrogen-bond acceptors (Lipinski definition) is 7. The number of rotatable bonds is 4. The lowest BCUT2D eigenvalue weighted by atomic mass is 9.91. The van der Waals surface area contributed by atoms with Crippen molar-refractivity contribution in [1.29, 1.82) is 0 Å². The monoisotopic (exact) mass is 434 g/mol. The molecule has 6 N–H and O–H groups in total. The van der Waals surface area contributed by atoms with E-state index in [1.165, 1.54) is 6.33 Å². The molecule has 3 heterocycles. The first-order valence-electron chi connectivity index (χ1n) is 10.7. The van der Waals surface area contributed by atoms with Gasteiger partial charge in [0.2, 0.25) is 0 Å². The Morgan fingerprint density at radius 2 is 1.94 bits per heavy atom. The maximum Gasteiger partial charge on any atom is 0.152 e. The zero-order valence-electron chi connectivity index (χ0n) is 17.2. The predicted molar refractivity (Wildman–Crippen MR) is 118 cm³/mol. The summed E-state index contributed by atoms with van der Waals surface area (Å²) in [6, 6.07) is 8.50. The highest BCUT2D eigenvalue weighted by molar-refractivity contribution is 5.86. The number of anilines is 2. The molecule has 4 aromatic rings. The lowest BCUT2D eigenvalue weighted by molar-refractivity contribution is -0.0192. The Labute approximate surface area is 182 Å². The van der Waals surface area contributed by atoms with E-state index in [2.05, 4.69) is 15.0 Å². The van der Waals surface area contributed by atoms with Crippen LogP contribution in [-0.4, -0.2) is 41.9 Å². The molecule has 2 fully saturated rings. The number of aryl methyl sites for hydroxylation is 1. The Balaban J connectivity index is 1.29. The molecule has 5 atom stereocenters. The van der Waals surface area contributed by atoms with Gasteiger partial charge in [-0.1, -0.05) is 12.1 Å². The largest absolute Gasteiger partial charge is 0.390 e. The molecule has 2 saturated carbocycles. The summed E-state index contributed by atoms with van der Waals surface area (Å²) < 4.78 is 17.0. The number of aliphatic hydroxyl groups is 2. The first kappa shape index (κ1) is 19.4. The maximum atomic E-state index is 15.1. The van der Waals surface area contributed by atoms with Crippen molar-refractivity contribution >= 4 is 33.6 Å². The molecule has 0 amide bonds. The molecule has 0 radical (unpaired) electrons. The summed E-state index contributed by atoms with van der Waals surface area (Å²) in [6.45, 7) is 0. The summed E-state index contributed by atoms with van der Waals surface area (Å²) in [5.74, 6) is 0.341. The highest BCUT2D eigenvalue weighted by Crippen LogP contribution is 2.69. The van der Waals surface area contributed by atoms with E-state index in [-0.39, 0.29) is 29.1 Å². The van der Waals surface area contributed by atoms with Crippen LogP contribution in [0.2, 0.25) is 0 Å². The first-order valence-corrected chi connectivity index (χ1v) is 10.7. The number of pyridine rings is 1. The van der Waals surface area contributed by atoms with Crippen LogP contribution < -0.4 is 11.5 Å². The van der Waals surface area contributed by atoms with Gasteiger partial charge in [0, 0.05) is 17.0 Å². The number of hydrogen-bond donors (Lipinski definition) is 4. The number of fused-ring (bicyclic) bond motifs is 3. The second-order valence-electron chi connectivity index (χ2n) is 9.04. The minimum Gasteiger partial charge on any atom is -0.390 e. The number of aliphatic hydroxyl groups excluding tert-OH is 2. The Morgan fingerprint density at radius 1 is 1.12 bits per heavy atom. The van der Waals surface area contributed by atoms with E-state index in [1.807, 2.05) is 22.9 Å². The van der Waals surface area contributed by atoms with Gasteiger partial charge in [0.25, 0.3) is 0 Å². The molecule has 6 rings (SSSR count). The second-order valence-corrected chi connectivity index (χ2v) is 9.04. The minimum absolute atomic E-state index is 0.0663. The van der Waals surface area contributed by atoms with Gasteiger partial charge in [0.05, 0.1) is 17.5 Å². The third kappa shape index (κ3) is 2.58. The van der Waals surface area contributed by atoms with Gasteiger partial charge in [0.1, 0.15) is 35.2 Å². The SMILES string of the molecule is Nc1ccc2ccc(CC[C@]34C[C@@H]3[C@@H](n3ccc5c(N)ncnc53)[C@H](O)[C@@H]4O)c(F)c2n1. The molecular formula is C23H23FN6O2. The molecule has 3 aromatic heterocycles. The molecule has 9 heteroatoms.